The molecule has 0 spiro atoms. The van der Waals surface area contributed by atoms with Crippen molar-refractivity contribution in [2.45, 2.75) is 17.9 Å². The van der Waals surface area contributed by atoms with Crippen LogP contribution < -0.4 is 10.1 Å². The van der Waals surface area contributed by atoms with E-state index in [1.807, 2.05) is 24.5 Å². The molecule has 1 aliphatic rings. The van der Waals surface area contributed by atoms with Crippen LogP contribution in [0.4, 0.5) is 5.69 Å². The maximum absolute atomic E-state index is 11.3. The SMILES string of the molecule is CSc1ccc2c(c1)NC(=O)C(C)O2. The fraction of sp³-hybridized carbons (Fsp3) is 0.300. The smallest absolute Gasteiger partial charge is 0.265 e. The minimum Gasteiger partial charge on any atom is -0.479 e. The predicted octanol–water partition coefficient (Wildman–Crippen LogP) is 2.13. The van der Waals surface area contributed by atoms with Crippen LogP contribution in [-0.4, -0.2) is 18.3 Å². The first-order valence-electron chi connectivity index (χ1n) is 4.36. The summed E-state index contributed by atoms with van der Waals surface area (Å²) in [6.07, 6.45) is 1.60. The van der Waals surface area contributed by atoms with E-state index in [0.29, 0.717) is 0 Å². The number of amides is 1. The van der Waals surface area contributed by atoms with Gasteiger partial charge in [0.25, 0.3) is 5.91 Å². The molecule has 0 bridgehead atoms. The van der Waals surface area contributed by atoms with E-state index in [-0.39, 0.29) is 5.91 Å². The van der Waals surface area contributed by atoms with Crippen LogP contribution in [0, 0.1) is 0 Å². The molecule has 4 heteroatoms. The number of nitrogens with one attached hydrogen (secondary N) is 1. The monoisotopic (exact) mass is 209 g/mol. The highest BCUT2D eigenvalue weighted by molar-refractivity contribution is 7.98. The summed E-state index contributed by atoms with van der Waals surface area (Å²) in [7, 11) is 0. The Labute approximate surface area is 86.8 Å². The van der Waals surface area contributed by atoms with Gasteiger partial charge in [-0.15, -0.1) is 11.8 Å². The molecule has 1 N–H and O–H groups in total. The van der Waals surface area contributed by atoms with Crippen LogP contribution in [0.15, 0.2) is 23.1 Å². The maximum Gasteiger partial charge on any atom is 0.265 e. The minimum absolute atomic E-state index is 0.0873. The lowest BCUT2D eigenvalue weighted by molar-refractivity contribution is -0.122. The Hall–Kier alpha value is -1.16. The average molecular weight is 209 g/mol. The maximum atomic E-state index is 11.3. The van der Waals surface area contributed by atoms with Crippen molar-refractivity contribution in [2.75, 3.05) is 11.6 Å². The fourth-order valence-electron chi connectivity index (χ4n) is 1.31. The van der Waals surface area contributed by atoms with Crippen LogP contribution in [0.5, 0.6) is 5.75 Å². The van der Waals surface area contributed by atoms with E-state index in [0.717, 1.165) is 16.3 Å². The van der Waals surface area contributed by atoms with E-state index in [1.165, 1.54) is 0 Å². The topological polar surface area (TPSA) is 38.3 Å². The molecule has 2 rings (SSSR count). The second-order valence-electron chi connectivity index (χ2n) is 3.11. The fourth-order valence-corrected chi connectivity index (χ4v) is 1.75. The van der Waals surface area contributed by atoms with Gasteiger partial charge in [0.05, 0.1) is 5.69 Å². The van der Waals surface area contributed by atoms with Crippen LogP contribution in [-0.2, 0) is 4.79 Å². The van der Waals surface area contributed by atoms with Crippen LogP contribution in [0.3, 0.4) is 0 Å². The van der Waals surface area contributed by atoms with Crippen molar-refractivity contribution in [1.82, 2.24) is 0 Å². The molecule has 1 amide bonds. The number of anilines is 1. The number of fused-ring (bicyclic) bond motifs is 1. The number of hydrogen-bond donors (Lipinski definition) is 1. The van der Waals surface area contributed by atoms with Gasteiger partial charge >= 0.3 is 0 Å². The molecule has 0 aliphatic carbocycles. The zero-order valence-electron chi connectivity index (χ0n) is 8.03. The first-order chi connectivity index (χ1) is 6.70. The molecule has 3 nitrogen and oxygen atoms in total. The Bertz CT molecular complexity index is 378. The molecule has 74 valence electrons. The first-order valence-corrected chi connectivity index (χ1v) is 5.59. The molecule has 1 unspecified atom stereocenters. The van der Waals surface area contributed by atoms with Gasteiger partial charge in [-0.3, -0.25) is 4.79 Å². The molecule has 1 aliphatic heterocycles. The quantitative estimate of drug-likeness (QED) is 0.720. The van der Waals surface area contributed by atoms with Crippen molar-refractivity contribution in [3.63, 3.8) is 0 Å². The van der Waals surface area contributed by atoms with Gasteiger partial charge in [0.15, 0.2) is 6.10 Å². The first kappa shape index (κ1) is 9.40. The highest BCUT2D eigenvalue weighted by atomic mass is 32.2. The summed E-state index contributed by atoms with van der Waals surface area (Å²) < 4.78 is 5.42. The number of rotatable bonds is 1. The van der Waals surface area contributed by atoms with Crippen LogP contribution >= 0.6 is 11.8 Å². The zero-order valence-corrected chi connectivity index (χ0v) is 8.85. The second-order valence-corrected chi connectivity index (χ2v) is 3.99. The van der Waals surface area contributed by atoms with Gasteiger partial charge in [-0.2, -0.15) is 0 Å². The van der Waals surface area contributed by atoms with Gasteiger partial charge in [-0.25, -0.2) is 0 Å². The molecule has 0 radical (unpaired) electrons. The zero-order chi connectivity index (χ0) is 10.1. The third-order valence-electron chi connectivity index (χ3n) is 2.12. The molecular formula is C10H11NO2S. The van der Waals surface area contributed by atoms with Crippen molar-refractivity contribution in [1.29, 1.82) is 0 Å². The van der Waals surface area contributed by atoms with Crippen molar-refractivity contribution >= 4 is 23.4 Å². The van der Waals surface area contributed by atoms with E-state index in [1.54, 1.807) is 18.7 Å². The summed E-state index contributed by atoms with van der Waals surface area (Å²) >= 11 is 1.64. The number of hydrogen-bond acceptors (Lipinski definition) is 3. The number of benzene rings is 1. The molecule has 0 saturated heterocycles. The van der Waals surface area contributed by atoms with Gasteiger partial charge in [0.2, 0.25) is 0 Å². The lowest BCUT2D eigenvalue weighted by Crippen LogP contribution is -2.34. The molecule has 1 aromatic carbocycles. The van der Waals surface area contributed by atoms with E-state index in [9.17, 15) is 4.79 Å². The summed E-state index contributed by atoms with van der Waals surface area (Å²) in [4.78, 5) is 12.4. The van der Waals surface area contributed by atoms with Gasteiger partial charge in [-0.05, 0) is 31.4 Å². The van der Waals surface area contributed by atoms with E-state index in [2.05, 4.69) is 5.32 Å². The summed E-state index contributed by atoms with van der Waals surface area (Å²) in [6, 6.07) is 5.79. The van der Waals surface area contributed by atoms with E-state index in [4.69, 9.17) is 4.74 Å². The van der Waals surface area contributed by atoms with Crippen LogP contribution in [0.1, 0.15) is 6.92 Å². The Kier molecular flexibility index (Phi) is 2.37. The molecular weight excluding hydrogens is 198 g/mol. The number of carbonyl (C=O) groups excluding carboxylic acids is 1. The summed E-state index contributed by atoms with van der Waals surface area (Å²) in [5.74, 6) is 0.658. The highest BCUT2D eigenvalue weighted by Crippen LogP contribution is 2.32. The van der Waals surface area contributed by atoms with Gasteiger partial charge in [0.1, 0.15) is 5.75 Å². The Morgan fingerprint density at radius 3 is 3.00 bits per heavy atom. The molecule has 1 heterocycles. The van der Waals surface area contributed by atoms with E-state index < -0.39 is 6.10 Å². The van der Waals surface area contributed by atoms with Crippen molar-refractivity contribution in [3.05, 3.63) is 18.2 Å². The largest absolute Gasteiger partial charge is 0.479 e. The molecule has 0 fully saturated rings. The second kappa shape index (κ2) is 3.53. The minimum atomic E-state index is -0.400. The number of thioether (sulfide) groups is 1. The van der Waals surface area contributed by atoms with Crippen LogP contribution in [0.2, 0.25) is 0 Å². The lowest BCUT2D eigenvalue weighted by atomic mass is 10.2. The van der Waals surface area contributed by atoms with Crippen molar-refractivity contribution in [3.8, 4) is 5.75 Å². The normalized spacial score (nSPS) is 19.6. The summed E-state index contributed by atoms with van der Waals surface area (Å²) in [6.45, 7) is 1.74. The third-order valence-corrected chi connectivity index (χ3v) is 2.84. The molecule has 0 aromatic heterocycles. The standard InChI is InChI=1S/C10H11NO2S/c1-6-10(12)11-8-5-7(14-2)3-4-9(8)13-6/h3-6H,1-2H3,(H,11,12). The highest BCUT2D eigenvalue weighted by Gasteiger charge is 2.23. The summed E-state index contributed by atoms with van der Waals surface area (Å²) in [5, 5.41) is 2.81. The van der Waals surface area contributed by atoms with E-state index >= 15 is 0 Å². The third kappa shape index (κ3) is 1.57. The predicted molar refractivity (Wildman–Crippen MR) is 56.9 cm³/mol. The number of carbonyl (C=O) groups is 1. The Morgan fingerprint density at radius 1 is 1.50 bits per heavy atom. The molecule has 1 atom stereocenters. The average Bonchev–Trinajstić information content (AvgIpc) is 2.19. The molecule has 14 heavy (non-hydrogen) atoms. The van der Waals surface area contributed by atoms with Gasteiger partial charge in [0, 0.05) is 4.90 Å². The Balaban J connectivity index is 2.37. The van der Waals surface area contributed by atoms with Gasteiger partial charge in [-0.1, -0.05) is 0 Å². The Morgan fingerprint density at radius 2 is 2.29 bits per heavy atom. The summed E-state index contributed by atoms with van der Waals surface area (Å²) in [5.41, 5.74) is 0.764. The van der Waals surface area contributed by atoms with Crippen molar-refractivity contribution in [2.24, 2.45) is 0 Å². The van der Waals surface area contributed by atoms with Gasteiger partial charge < -0.3 is 10.1 Å². The lowest BCUT2D eigenvalue weighted by Gasteiger charge is -2.23. The van der Waals surface area contributed by atoms with Crippen molar-refractivity contribution < 1.29 is 9.53 Å². The number of ether oxygens (including phenoxy) is 1. The van der Waals surface area contributed by atoms with Crippen LogP contribution in [0.25, 0.3) is 0 Å². The molecule has 0 saturated carbocycles. The molecule has 1 aromatic rings.